The van der Waals surface area contributed by atoms with Crippen LogP contribution in [0.4, 0.5) is 19.3 Å². The third-order valence-corrected chi connectivity index (χ3v) is 9.36. The summed E-state index contributed by atoms with van der Waals surface area (Å²) in [5.41, 5.74) is 1.13. The van der Waals surface area contributed by atoms with Crippen molar-refractivity contribution in [1.29, 1.82) is 0 Å². The minimum absolute atomic E-state index is 0.0118. The van der Waals surface area contributed by atoms with Crippen LogP contribution < -0.4 is 10.0 Å². The average Bonchev–Trinajstić information content (AvgIpc) is 2.93. The second-order valence-corrected chi connectivity index (χ2v) is 12.1. The van der Waals surface area contributed by atoms with Crippen LogP contribution in [0, 0.1) is 17.6 Å². The Balaban J connectivity index is 1.23. The number of quaternary nitrogens is 1. The first kappa shape index (κ1) is 27.2. The Morgan fingerprint density at radius 3 is 2.38 bits per heavy atom. The Hall–Kier alpha value is -3.34. The highest BCUT2D eigenvalue weighted by atomic mass is 32.2. The molecule has 10 heteroatoms. The van der Waals surface area contributed by atoms with Gasteiger partial charge in [-0.15, -0.1) is 0 Å². The quantitative estimate of drug-likeness (QED) is 0.362. The van der Waals surface area contributed by atoms with Crippen molar-refractivity contribution >= 4 is 21.8 Å². The summed E-state index contributed by atoms with van der Waals surface area (Å²) in [6, 6.07) is 18.8. The predicted molar refractivity (Wildman–Crippen MR) is 143 cm³/mol. The zero-order chi connectivity index (χ0) is 27.5. The standard InChI is InChI=1S/C29H31F2N3O4S/c30-24-11-9-21(10-12-24)19-23-5-4-8-26(28(23)31)33-29(35)38-27-20-22-13-16-34(27,17-14-22)18-15-32-39(36,37)25-6-2-1-3-7-25/h1-12,22,27,32H,13-20H2/p+1/t22?,27-,34?/m1/s1. The van der Waals surface area contributed by atoms with Crippen LogP contribution in [-0.2, 0) is 21.2 Å². The highest BCUT2D eigenvalue weighted by Crippen LogP contribution is 2.39. The molecule has 0 radical (unpaired) electrons. The van der Waals surface area contributed by atoms with Gasteiger partial charge in [0, 0.05) is 25.7 Å². The van der Waals surface area contributed by atoms with Gasteiger partial charge in [0.15, 0.2) is 0 Å². The van der Waals surface area contributed by atoms with Gasteiger partial charge in [0.25, 0.3) is 0 Å². The molecule has 0 saturated carbocycles. The molecule has 3 aliphatic heterocycles. The summed E-state index contributed by atoms with van der Waals surface area (Å²) in [4.78, 5) is 13.1. The van der Waals surface area contributed by atoms with Gasteiger partial charge < -0.3 is 4.74 Å². The number of carbonyl (C=O) groups excluding carboxylic acids is 1. The Labute approximate surface area is 227 Å². The van der Waals surface area contributed by atoms with Gasteiger partial charge in [-0.2, -0.15) is 0 Å². The number of halogens is 2. The molecule has 2 bridgehead atoms. The fraction of sp³-hybridized carbons (Fsp3) is 0.345. The van der Waals surface area contributed by atoms with E-state index in [0.29, 0.717) is 28.9 Å². The molecule has 3 aliphatic rings. The lowest BCUT2D eigenvalue weighted by molar-refractivity contribution is -0.982. The fourth-order valence-corrected chi connectivity index (χ4v) is 6.72. The van der Waals surface area contributed by atoms with Crippen molar-refractivity contribution in [2.75, 3.05) is 31.5 Å². The maximum absolute atomic E-state index is 15.2. The number of rotatable bonds is 9. The molecule has 0 aliphatic carbocycles. The van der Waals surface area contributed by atoms with E-state index in [1.165, 1.54) is 18.2 Å². The molecule has 7 nitrogen and oxygen atoms in total. The van der Waals surface area contributed by atoms with Crippen LogP contribution in [0.15, 0.2) is 77.7 Å². The molecule has 206 valence electrons. The van der Waals surface area contributed by atoms with E-state index in [1.54, 1.807) is 54.6 Å². The number of carbonyl (C=O) groups is 1. The van der Waals surface area contributed by atoms with E-state index in [1.807, 2.05) is 0 Å². The van der Waals surface area contributed by atoms with Gasteiger partial charge in [-0.3, -0.25) is 9.80 Å². The van der Waals surface area contributed by atoms with E-state index in [-0.39, 0.29) is 29.4 Å². The molecule has 2 N–H and O–H groups in total. The van der Waals surface area contributed by atoms with E-state index in [4.69, 9.17) is 4.74 Å². The number of hydrogen-bond donors (Lipinski definition) is 2. The molecule has 3 saturated heterocycles. The van der Waals surface area contributed by atoms with E-state index in [9.17, 15) is 17.6 Å². The van der Waals surface area contributed by atoms with Crippen LogP contribution in [-0.4, -0.2) is 51.4 Å². The van der Waals surface area contributed by atoms with Gasteiger partial charge in [-0.25, -0.2) is 26.7 Å². The lowest BCUT2D eigenvalue weighted by atomic mass is 9.84. The van der Waals surface area contributed by atoms with Gasteiger partial charge in [0.2, 0.25) is 16.3 Å². The number of nitrogens with zero attached hydrogens (tertiary/aromatic N) is 1. The Morgan fingerprint density at radius 1 is 0.949 bits per heavy atom. The molecular weight excluding hydrogens is 524 g/mol. The number of hydrogen-bond acceptors (Lipinski definition) is 4. The number of anilines is 1. The minimum atomic E-state index is -3.64. The number of nitrogens with one attached hydrogen (secondary N) is 2. The molecular formula is C29H32F2N3O4S+. The highest BCUT2D eigenvalue weighted by molar-refractivity contribution is 7.89. The van der Waals surface area contributed by atoms with Crippen LogP contribution in [0.5, 0.6) is 0 Å². The van der Waals surface area contributed by atoms with E-state index >= 15 is 4.39 Å². The number of piperidine rings is 3. The first-order valence-electron chi connectivity index (χ1n) is 13.1. The Morgan fingerprint density at radius 2 is 1.67 bits per heavy atom. The normalized spacial score (nSPS) is 22.4. The smallest absolute Gasteiger partial charge is 0.396 e. The second kappa shape index (κ2) is 11.4. The van der Waals surface area contributed by atoms with Crippen LogP contribution in [0.2, 0.25) is 0 Å². The van der Waals surface area contributed by atoms with Crippen molar-refractivity contribution in [3.63, 3.8) is 0 Å². The van der Waals surface area contributed by atoms with Crippen molar-refractivity contribution in [2.24, 2.45) is 5.92 Å². The molecule has 39 heavy (non-hydrogen) atoms. The van der Waals surface area contributed by atoms with Crippen LogP contribution >= 0.6 is 0 Å². The molecule has 0 unspecified atom stereocenters. The number of fused-ring (bicyclic) bond motifs is 3. The summed E-state index contributed by atoms with van der Waals surface area (Å²) in [5.74, 6) is -0.485. The monoisotopic (exact) mass is 556 g/mol. The number of ether oxygens (including phenoxy) is 1. The maximum Gasteiger partial charge on any atom is 0.416 e. The topological polar surface area (TPSA) is 84.5 Å². The number of sulfonamides is 1. The maximum atomic E-state index is 15.2. The zero-order valence-corrected chi connectivity index (χ0v) is 22.3. The molecule has 3 aromatic carbocycles. The summed E-state index contributed by atoms with van der Waals surface area (Å²) < 4.78 is 62.8. The van der Waals surface area contributed by atoms with Crippen molar-refractivity contribution in [1.82, 2.24) is 4.72 Å². The zero-order valence-electron chi connectivity index (χ0n) is 21.5. The fourth-order valence-electron chi connectivity index (χ4n) is 5.68. The van der Waals surface area contributed by atoms with Gasteiger partial charge in [-0.1, -0.05) is 42.5 Å². The number of benzene rings is 3. The summed E-state index contributed by atoms with van der Waals surface area (Å²) in [6.45, 7) is 2.27. The molecule has 0 spiro atoms. The van der Waals surface area contributed by atoms with E-state index in [2.05, 4.69) is 10.0 Å². The molecule has 6 rings (SSSR count). The first-order valence-corrected chi connectivity index (χ1v) is 14.6. The summed E-state index contributed by atoms with van der Waals surface area (Å²) >= 11 is 0. The molecule has 1 atom stereocenters. The van der Waals surface area contributed by atoms with Crippen molar-refractivity contribution < 1.29 is 31.2 Å². The van der Waals surface area contributed by atoms with E-state index < -0.39 is 28.2 Å². The lowest BCUT2D eigenvalue weighted by Crippen LogP contribution is -2.66. The third-order valence-electron chi connectivity index (χ3n) is 7.88. The van der Waals surface area contributed by atoms with Gasteiger partial charge >= 0.3 is 6.09 Å². The first-order chi connectivity index (χ1) is 18.7. The highest BCUT2D eigenvalue weighted by Gasteiger charge is 2.49. The van der Waals surface area contributed by atoms with Gasteiger partial charge in [0.05, 0.1) is 36.8 Å². The van der Waals surface area contributed by atoms with Crippen molar-refractivity contribution in [3.8, 4) is 0 Å². The molecule has 0 aromatic heterocycles. The summed E-state index contributed by atoms with van der Waals surface area (Å²) in [5, 5.41) is 2.55. The Kier molecular flexibility index (Phi) is 7.97. The molecule has 3 fully saturated rings. The Bertz CT molecular complexity index is 1410. The SMILES string of the molecule is O=C(Nc1cccc(Cc2ccc(F)cc2)c1F)O[C@@H]1CC2CC[N+]1(CCNS(=O)(=O)c1ccccc1)CC2. The van der Waals surface area contributed by atoms with Crippen LogP contribution in [0.1, 0.15) is 30.4 Å². The largest absolute Gasteiger partial charge is 0.416 e. The van der Waals surface area contributed by atoms with Gasteiger partial charge in [-0.05, 0) is 47.4 Å². The minimum Gasteiger partial charge on any atom is -0.396 e. The average molecular weight is 557 g/mol. The molecule has 1 amide bonds. The van der Waals surface area contributed by atoms with Crippen LogP contribution in [0.25, 0.3) is 0 Å². The lowest BCUT2D eigenvalue weighted by Gasteiger charge is -2.53. The van der Waals surface area contributed by atoms with Gasteiger partial charge in [0.1, 0.15) is 11.6 Å². The van der Waals surface area contributed by atoms with Crippen molar-refractivity contribution in [2.45, 2.75) is 36.8 Å². The van der Waals surface area contributed by atoms with E-state index in [0.717, 1.165) is 31.5 Å². The van der Waals surface area contributed by atoms with Crippen molar-refractivity contribution in [3.05, 3.63) is 95.6 Å². The molecule has 3 heterocycles. The van der Waals surface area contributed by atoms with Crippen LogP contribution in [0.3, 0.4) is 0 Å². The predicted octanol–water partition coefficient (Wildman–Crippen LogP) is 5.04. The summed E-state index contributed by atoms with van der Waals surface area (Å²) in [7, 11) is -3.64. The molecule has 3 aromatic rings. The second-order valence-electron chi connectivity index (χ2n) is 10.3. The summed E-state index contributed by atoms with van der Waals surface area (Å²) in [6.07, 6.45) is 1.74. The third kappa shape index (κ3) is 6.29. The number of amides is 1.